The number of carboxylic acid groups (broad SMARTS) is 1. The highest BCUT2D eigenvalue weighted by Crippen LogP contribution is 2.34. The highest BCUT2D eigenvalue weighted by atomic mass is 19.4. The second kappa shape index (κ2) is 4.26. The van der Waals surface area contributed by atoms with Crippen molar-refractivity contribution in [2.75, 3.05) is 0 Å². The first-order chi connectivity index (χ1) is 7.30. The van der Waals surface area contributed by atoms with E-state index in [-0.39, 0.29) is 11.8 Å². The third kappa shape index (κ3) is 3.01. The molecule has 2 N–H and O–H groups in total. The number of carboxylic acids is 1. The van der Waals surface area contributed by atoms with Crippen molar-refractivity contribution in [3.8, 4) is 5.75 Å². The quantitative estimate of drug-likeness (QED) is 0.770. The first kappa shape index (κ1) is 12.1. The van der Waals surface area contributed by atoms with E-state index >= 15 is 0 Å². The van der Waals surface area contributed by atoms with E-state index < -0.39 is 23.3 Å². The Morgan fingerprint density at radius 3 is 2.38 bits per heavy atom. The average molecular weight is 232 g/mol. The van der Waals surface area contributed by atoms with E-state index in [0.717, 1.165) is 12.1 Å². The van der Waals surface area contributed by atoms with Crippen molar-refractivity contribution in [1.29, 1.82) is 0 Å². The van der Waals surface area contributed by atoms with Gasteiger partial charge in [0.25, 0.3) is 0 Å². The van der Waals surface area contributed by atoms with Crippen molar-refractivity contribution in [3.63, 3.8) is 0 Å². The zero-order chi connectivity index (χ0) is 12.3. The molecule has 16 heavy (non-hydrogen) atoms. The monoisotopic (exact) mass is 232 g/mol. The Morgan fingerprint density at radius 2 is 1.94 bits per heavy atom. The minimum absolute atomic E-state index is 0.0643. The molecule has 3 nitrogen and oxygen atoms in total. The van der Waals surface area contributed by atoms with Gasteiger partial charge in [0.2, 0.25) is 0 Å². The van der Waals surface area contributed by atoms with Crippen LogP contribution in [0, 0.1) is 0 Å². The molecule has 0 saturated carbocycles. The molecular weight excluding hydrogens is 225 g/mol. The lowest BCUT2D eigenvalue weighted by Crippen LogP contribution is -2.12. The second-order valence-electron chi connectivity index (χ2n) is 2.94. The normalized spacial score (nSPS) is 12.6. The molecule has 0 atom stereocenters. The summed E-state index contributed by atoms with van der Waals surface area (Å²) in [6.45, 7) is 0. The number of hydrogen-bond acceptors (Lipinski definition) is 2. The lowest BCUT2D eigenvalue weighted by molar-refractivity contribution is -0.131. The molecule has 0 aliphatic carbocycles. The molecule has 1 aromatic rings. The van der Waals surface area contributed by atoms with Crippen LogP contribution in [0.25, 0.3) is 5.57 Å². The Kier molecular flexibility index (Phi) is 3.22. The maximum atomic E-state index is 12.5. The number of hydrogen-bond donors (Lipinski definition) is 2. The maximum absolute atomic E-state index is 12.5. The van der Waals surface area contributed by atoms with Gasteiger partial charge in [0.05, 0.1) is 5.57 Å². The molecule has 0 fully saturated rings. The number of alkyl halides is 3. The molecule has 1 rings (SSSR count). The summed E-state index contributed by atoms with van der Waals surface area (Å²) in [5, 5.41) is 17.4. The van der Waals surface area contributed by atoms with Gasteiger partial charge in [-0.15, -0.1) is 0 Å². The van der Waals surface area contributed by atoms with Crippen molar-refractivity contribution in [3.05, 3.63) is 35.9 Å². The number of rotatable bonds is 2. The van der Waals surface area contributed by atoms with Gasteiger partial charge in [0.15, 0.2) is 0 Å². The van der Waals surface area contributed by atoms with Crippen LogP contribution in [0.1, 0.15) is 5.56 Å². The van der Waals surface area contributed by atoms with E-state index in [4.69, 9.17) is 10.2 Å². The van der Waals surface area contributed by atoms with Gasteiger partial charge in [-0.1, -0.05) is 12.1 Å². The Labute approximate surface area is 88.4 Å². The van der Waals surface area contributed by atoms with Crippen LogP contribution in [0.15, 0.2) is 30.3 Å². The van der Waals surface area contributed by atoms with Crippen LogP contribution in [0.3, 0.4) is 0 Å². The molecule has 0 saturated heterocycles. The van der Waals surface area contributed by atoms with E-state index in [2.05, 4.69) is 0 Å². The van der Waals surface area contributed by atoms with Crippen LogP contribution in [0.5, 0.6) is 5.75 Å². The minimum atomic E-state index is -4.79. The van der Waals surface area contributed by atoms with Gasteiger partial charge in [0, 0.05) is 6.08 Å². The summed E-state index contributed by atoms with van der Waals surface area (Å²) < 4.78 is 37.5. The Hall–Kier alpha value is -1.98. The van der Waals surface area contributed by atoms with Crippen molar-refractivity contribution in [2.45, 2.75) is 6.18 Å². The molecule has 0 aliphatic heterocycles. The van der Waals surface area contributed by atoms with E-state index in [1.54, 1.807) is 0 Å². The lowest BCUT2D eigenvalue weighted by atomic mass is 10.0. The van der Waals surface area contributed by atoms with Crippen LogP contribution in [-0.4, -0.2) is 22.4 Å². The zero-order valence-electron chi connectivity index (χ0n) is 7.82. The zero-order valence-corrected chi connectivity index (χ0v) is 7.82. The van der Waals surface area contributed by atoms with Gasteiger partial charge in [-0.3, -0.25) is 0 Å². The van der Waals surface area contributed by atoms with Crippen LogP contribution >= 0.6 is 0 Å². The molecular formula is C10H7F3O3. The Bertz CT molecular complexity index is 435. The Balaban J connectivity index is 3.28. The molecule has 1 aromatic carbocycles. The summed E-state index contributed by atoms with van der Waals surface area (Å²) in [5.74, 6) is -2.06. The number of carbonyl (C=O) groups is 1. The minimum Gasteiger partial charge on any atom is -0.508 e. The topological polar surface area (TPSA) is 57.5 Å². The molecule has 0 heterocycles. The van der Waals surface area contributed by atoms with E-state index in [1.807, 2.05) is 0 Å². The van der Waals surface area contributed by atoms with Crippen LogP contribution in [0.4, 0.5) is 13.2 Å². The third-order valence-electron chi connectivity index (χ3n) is 1.73. The van der Waals surface area contributed by atoms with Crippen LogP contribution in [0.2, 0.25) is 0 Å². The molecule has 0 spiro atoms. The molecule has 0 radical (unpaired) electrons. The summed E-state index contributed by atoms with van der Waals surface area (Å²) in [6.07, 6.45) is -4.72. The number of aromatic hydroxyl groups is 1. The van der Waals surface area contributed by atoms with Gasteiger partial charge >= 0.3 is 12.1 Å². The summed E-state index contributed by atoms with van der Waals surface area (Å²) in [6, 6.07) is 4.31. The number of aliphatic carboxylic acids is 1. The Morgan fingerprint density at radius 1 is 1.31 bits per heavy atom. The molecule has 0 aliphatic rings. The molecule has 6 heteroatoms. The average Bonchev–Trinajstić information content (AvgIpc) is 2.12. The van der Waals surface area contributed by atoms with Gasteiger partial charge in [-0.2, -0.15) is 13.2 Å². The van der Waals surface area contributed by atoms with E-state index in [9.17, 15) is 18.0 Å². The fraction of sp³-hybridized carbons (Fsp3) is 0.100. The third-order valence-corrected chi connectivity index (χ3v) is 1.73. The van der Waals surface area contributed by atoms with Crippen molar-refractivity contribution in [2.24, 2.45) is 0 Å². The second-order valence-corrected chi connectivity index (χ2v) is 2.94. The van der Waals surface area contributed by atoms with Crippen LogP contribution < -0.4 is 0 Å². The van der Waals surface area contributed by atoms with Crippen molar-refractivity contribution < 1.29 is 28.2 Å². The van der Waals surface area contributed by atoms with Gasteiger partial charge in [-0.05, 0) is 17.7 Å². The molecule has 86 valence electrons. The smallest absolute Gasteiger partial charge is 0.417 e. The number of halogens is 3. The summed E-state index contributed by atoms with van der Waals surface area (Å²) in [4.78, 5) is 10.3. The molecule has 0 bridgehead atoms. The van der Waals surface area contributed by atoms with Crippen molar-refractivity contribution >= 4 is 11.5 Å². The highest BCUT2D eigenvalue weighted by Gasteiger charge is 2.35. The predicted molar refractivity (Wildman–Crippen MR) is 49.8 cm³/mol. The summed E-state index contributed by atoms with van der Waals surface area (Å²) in [5.41, 5.74) is -1.70. The lowest BCUT2D eigenvalue weighted by Gasteiger charge is -2.11. The highest BCUT2D eigenvalue weighted by molar-refractivity contribution is 5.91. The summed E-state index contributed by atoms with van der Waals surface area (Å²) >= 11 is 0. The van der Waals surface area contributed by atoms with Crippen molar-refractivity contribution in [1.82, 2.24) is 0 Å². The fourth-order valence-corrected chi connectivity index (χ4v) is 1.13. The van der Waals surface area contributed by atoms with E-state index in [1.165, 1.54) is 12.1 Å². The van der Waals surface area contributed by atoms with Gasteiger partial charge in [-0.25, -0.2) is 4.79 Å². The van der Waals surface area contributed by atoms with Crippen LogP contribution in [-0.2, 0) is 4.79 Å². The largest absolute Gasteiger partial charge is 0.508 e. The fourth-order valence-electron chi connectivity index (χ4n) is 1.13. The first-order valence-corrected chi connectivity index (χ1v) is 4.12. The molecule has 0 amide bonds. The predicted octanol–water partition coefficient (Wildman–Crippen LogP) is 2.42. The number of phenols is 1. The number of allylic oxidation sites excluding steroid dienone is 1. The van der Waals surface area contributed by atoms with Gasteiger partial charge in [0.1, 0.15) is 5.75 Å². The maximum Gasteiger partial charge on any atom is 0.417 e. The van der Waals surface area contributed by atoms with Gasteiger partial charge < -0.3 is 10.2 Å². The van der Waals surface area contributed by atoms with E-state index in [0.29, 0.717) is 0 Å². The standard InChI is InChI=1S/C10H7F3O3/c11-10(12,13)8(5-9(15)16)6-2-1-3-7(14)4-6/h1-5,14H,(H,15,16)/b8-5+. The molecule has 0 unspecified atom stereocenters. The molecule has 0 aromatic heterocycles. The number of phenolic OH excluding ortho intramolecular Hbond substituents is 1. The SMILES string of the molecule is O=C(O)/C=C(\c1cccc(O)c1)C(F)(F)F. The first-order valence-electron chi connectivity index (χ1n) is 4.12. The summed E-state index contributed by atoms with van der Waals surface area (Å²) in [7, 11) is 0. The number of benzene rings is 1.